The van der Waals surface area contributed by atoms with E-state index < -0.39 is 6.04 Å². The van der Waals surface area contributed by atoms with Crippen LogP contribution in [-0.4, -0.2) is 19.5 Å². The standard InChI is InChI=1S/C49H30N4S/c1-3-14-31(15-4-1)34-26-27-39-41-29-35(53-43-24-11-9-21-37(43)38-22-10-12-25-44(38)53)30-42(46(41)54-45(39)28-34)49-51-47(33-17-5-2-6-18-33)50-48(52-49)40-23-13-19-32-16-7-8-20-36(32)40/h1-30H/i1D,3D,4D,14D,15D. The monoisotopic (exact) mass is 711 g/mol. The average molecular weight is 712 g/mol. The first-order valence-corrected chi connectivity index (χ1v) is 18.5. The molecule has 0 radical (unpaired) electrons. The fraction of sp³-hybridized carbons (Fsp3) is 0. The summed E-state index contributed by atoms with van der Waals surface area (Å²) in [6.07, 6.45) is 0. The van der Waals surface area contributed by atoms with E-state index in [4.69, 9.17) is 21.8 Å². The Morgan fingerprint density at radius 1 is 0.444 bits per heavy atom. The molecule has 0 saturated carbocycles. The molecule has 11 rings (SSSR count). The van der Waals surface area contributed by atoms with Crippen LogP contribution in [0.4, 0.5) is 0 Å². The maximum absolute atomic E-state index is 8.71. The summed E-state index contributed by atoms with van der Waals surface area (Å²) in [6, 6.07) is 49.8. The summed E-state index contributed by atoms with van der Waals surface area (Å²) in [5, 5.41) is 6.37. The molecule has 4 nitrogen and oxygen atoms in total. The van der Waals surface area contributed by atoms with Crippen molar-refractivity contribution in [2.24, 2.45) is 0 Å². The van der Waals surface area contributed by atoms with E-state index in [-0.39, 0.29) is 29.7 Å². The molecule has 0 unspecified atom stereocenters. The van der Waals surface area contributed by atoms with E-state index in [1.165, 1.54) is 0 Å². The molecule has 8 aromatic carbocycles. The van der Waals surface area contributed by atoms with Gasteiger partial charge in [-0.15, -0.1) is 11.3 Å². The fourth-order valence-electron chi connectivity index (χ4n) is 7.66. The van der Waals surface area contributed by atoms with Crippen LogP contribution in [0.25, 0.3) is 104 Å². The first-order chi connectivity index (χ1) is 28.8. The lowest BCUT2D eigenvalue weighted by molar-refractivity contribution is 1.08. The van der Waals surface area contributed by atoms with E-state index in [1.807, 2.05) is 66.7 Å². The van der Waals surface area contributed by atoms with Crippen LogP contribution in [0.2, 0.25) is 0 Å². The molecule has 3 heterocycles. The lowest BCUT2D eigenvalue weighted by Crippen LogP contribution is -2.01. The van der Waals surface area contributed by atoms with Crippen molar-refractivity contribution in [1.82, 2.24) is 19.5 Å². The molecule has 0 bridgehead atoms. The van der Waals surface area contributed by atoms with Crippen LogP contribution in [0, 0.1) is 0 Å². The quantitative estimate of drug-likeness (QED) is 0.178. The second-order valence-electron chi connectivity index (χ2n) is 13.3. The smallest absolute Gasteiger partial charge is 0.165 e. The van der Waals surface area contributed by atoms with Crippen LogP contribution in [0.5, 0.6) is 0 Å². The van der Waals surface area contributed by atoms with E-state index in [2.05, 4.69) is 89.5 Å². The van der Waals surface area contributed by atoms with Crippen molar-refractivity contribution >= 4 is 64.1 Å². The number of hydrogen-bond acceptors (Lipinski definition) is 4. The molecular formula is C49H30N4S. The van der Waals surface area contributed by atoms with Crippen LogP contribution < -0.4 is 0 Å². The van der Waals surface area contributed by atoms with Crippen molar-refractivity contribution < 1.29 is 6.85 Å². The highest BCUT2D eigenvalue weighted by atomic mass is 32.1. The van der Waals surface area contributed by atoms with Gasteiger partial charge in [-0.25, -0.2) is 15.0 Å². The molecular weight excluding hydrogens is 677 g/mol. The largest absolute Gasteiger partial charge is 0.309 e. The van der Waals surface area contributed by atoms with Crippen molar-refractivity contribution in [3.8, 4) is 51.0 Å². The first-order valence-electron chi connectivity index (χ1n) is 20.2. The van der Waals surface area contributed by atoms with Crippen LogP contribution in [0.3, 0.4) is 0 Å². The second-order valence-corrected chi connectivity index (χ2v) is 14.3. The Morgan fingerprint density at radius 3 is 1.87 bits per heavy atom. The third-order valence-corrected chi connectivity index (χ3v) is 11.3. The van der Waals surface area contributed by atoms with Gasteiger partial charge in [0.25, 0.3) is 0 Å². The van der Waals surface area contributed by atoms with Gasteiger partial charge in [-0.3, -0.25) is 0 Å². The lowest BCUT2D eigenvalue weighted by atomic mass is 10.0. The zero-order valence-electron chi connectivity index (χ0n) is 33.6. The van der Waals surface area contributed by atoms with E-state index >= 15 is 0 Å². The molecule has 252 valence electrons. The Labute approximate surface area is 322 Å². The maximum atomic E-state index is 8.71. The highest BCUT2D eigenvalue weighted by molar-refractivity contribution is 7.26. The van der Waals surface area contributed by atoms with Gasteiger partial charge in [0.15, 0.2) is 17.5 Å². The molecule has 0 fully saturated rings. The van der Waals surface area contributed by atoms with Crippen molar-refractivity contribution in [2.45, 2.75) is 0 Å². The highest BCUT2D eigenvalue weighted by Crippen LogP contribution is 2.44. The van der Waals surface area contributed by atoms with E-state index in [0.29, 0.717) is 23.0 Å². The number of nitrogens with zero attached hydrogens (tertiary/aromatic N) is 4. The Bertz CT molecular complexity index is 3440. The van der Waals surface area contributed by atoms with Gasteiger partial charge in [0, 0.05) is 53.3 Å². The second kappa shape index (κ2) is 12.3. The topological polar surface area (TPSA) is 43.6 Å². The van der Waals surface area contributed by atoms with Gasteiger partial charge in [-0.2, -0.15) is 0 Å². The zero-order chi connectivity index (χ0) is 39.9. The van der Waals surface area contributed by atoms with Crippen LogP contribution >= 0.6 is 11.3 Å². The number of aromatic nitrogens is 4. The van der Waals surface area contributed by atoms with E-state index in [9.17, 15) is 0 Å². The third kappa shape index (κ3) is 4.94. The predicted octanol–water partition coefficient (Wildman–Crippen LogP) is 13.2. The summed E-state index contributed by atoms with van der Waals surface area (Å²) in [7, 11) is 0. The van der Waals surface area contributed by atoms with E-state index in [0.717, 1.165) is 75.1 Å². The van der Waals surface area contributed by atoms with Gasteiger partial charge in [-0.1, -0.05) is 152 Å². The summed E-state index contributed by atoms with van der Waals surface area (Å²) in [6.45, 7) is 0. The summed E-state index contributed by atoms with van der Waals surface area (Å²) in [4.78, 5) is 15.6. The minimum Gasteiger partial charge on any atom is -0.309 e. The Kier molecular flexibility index (Phi) is 5.92. The molecule has 0 aliphatic rings. The van der Waals surface area contributed by atoms with Gasteiger partial charge in [0.05, 0.1) is 17.9 Å². The van der Waals surface area contributed by atoms with Crippen molar-refractivity contribution in [1.29, 1.82) is 0 Å². The molecule has 0 spiro atoms. The van der Waals surface area contributed by atoms with Crippen LogP contribution in [0.15, 0.2) is 182 Å². The molecule has 11 aromatic rings. The minimum absolute atomic E-state index is 0.172. The van der Waals surface area contributed by atoms with Crippen molar-refractivity contribution in [3.63, 3.8) is 0 Å². The summed E-state index contributed by atoms with van der Waals surface area (Å²) in [5.74, 6) is 1.64. The fourth-order valence-corrected chi connectivity index (χ4v) is 8.89. The number of para-hydroxylation sites is 2. The molecule has 0 aliphatic heterocycles. The average Bonchev–Trinajstić information content (AvgIpc) is 3.83. The Balaban J connectivity index is 1.24. The summed E-state index contributed by atoms with van der Waals surface area (Å²) in [5.41, 5.74) is 6.39. The summed E-state index contributed by atoms with van der Waals surface area (Å²) < 4.78 is 46.4. The van der Waals surface area contributed by atoms with Gasteiger partial charge < -0.3 is 4.57 Å². The molecule has 5 heteroatoms. The Morgan fingerprint density at radius 2 is 1.09 bits per heavy atom. The molecule has 0 aliphatic carbocycles. The number of rotatable bonds is 5. The Hall–Kier alpha value is -6.95. The van der Waals surface area contributed by atoms with Gasteiger partial charge in [0.1, 0.15) is 0 Å². The van der Waals surface area contributed by atoms with Gasteiger partial charge in [-0.05, 0) is 52.2 Å². The molecule has 0 saturated heterocycles. The third-order valence-electron chi connectivity index (χ3n) is 10.1. The highest BCUT2D eigenvalue weighted by Gasteiger charge is 2.21. The summed E-state index contributed by atoms with van der Waals surface area (Å²) >= 11 is 1.57. The van der Waals surface area contributed by atoms with Gasteiger partial charge >= 0.3 is 0 Å². The SMILES string of the molecule is [2H]c1c([2H])c([2H])c(-c2ccc3c(c2)sc2c(-c4nc(-c5ccccc5)nc(-c5cccc6ccccc56)n4)cc(-n4c5ccccc5c5ccccc54)cc23)c([2H])c1[2H]. The molecule has 0 N–H and O–H groups in total. The van der Waals surface area contributed by atoms with Crippen LogP contribution in [-0.2, 0) is 0 Å². The minimum atomic E-state index is -0.413. The molecule has 0 atom stereocenters. The lowest BCUT2D eigenvalue weighted by Gasteiger charge is -2.13. The molecule has 3 aromatic heterocycles. The van der Waals surface area contributed by atoms with E-state index in [1.54, 1.807) is 11.3 Å². The molecule has 0 amide bonds. The number of fused-ring (bicyclic) bond motifs is 7. The number of thiophene rings is 1. The number of hydrogen-bond donors (Lipinski definition) is 0. The number of benzene rings is 8. The zero-order valence-corrected chi connectivity index (χ0v) is 29.4. The van der Waals surface area contributed by atoms with Crippen molar-refractivity contribution in [3.05, 3.63) is 182 Å². The first kappa shape index (κ1) is 25.9. The maximum Gasteiger partial charge on any atom is 0.165 e. The molecule has 54 heavy (non-hydrogen) atoms. The van der Waals surface area contributed by atoms with Crippen LogP contribution in [0.1, 0.15) is 6.85 Å². The predicted molar refractivity (Wildman–Crippen MR) is 226 cm³/mol. The van der Waals surface area contributed by atoms with Crippen molar-refractivity contribution in [2.75, 3.05) is 0 Å². The van der Waals surface area contributed by atoms with Gasteiger partial charge in [0.2, 0.25) is 0 Å². The normalized spacial score (nSPS) is 13.0.